The summed E-state index contributed by atoms with van der Waals surface area (Å²) in [5.41, 5.74) is -0.415. The Labute approximate surface area is 132 Å². The first kappa shape index (κ1) is 15.3. The molecule has 1 aromatic carbocycles. The largest absolute Gasteiger partial charge is 0.488 e. The van der Waals surface area contributed by atoms with E-state index in [2.05, 4.69) is 0 Å². The zero-order valence-electron chi connectivity index (χ0n) is 12.6. The van der Waals surface area contributed by atoms with Gasteiger partial charge in [0.15, 0.2) is 0 Å². The maximum Gasteiger partial charge on any atom is 0.339 e. The van der Waals surface area contributed by atoms with Crippen LogP contribution >= 0.6 is 0 Å². The highest BCUT2D eigenvalue weighted by molar-refractivity contribution is 5.94. The van der Waals surface area contributed by atoms with E-state index in [9.17, 15) is 14.0 Å². The minimum atomic E-state index is -0.529. The maximum atomic E-state index is 13.7. The molecule has 6 heteroatoms. The SMILES string of the molecule is Cc1cc(OC2CCN(C(=O)c3ccccc3F)C2)cc(=O)o1. The number of rotatable bonds is 3. The molecule has 1 atom stereocenters. The van der Waals surface area contributed by atoms with Crippen molar-refractivity contribution in [1.29, 1.82) is 0 Å². The molecule has 0 saturated carbocycles. The van der Waals surface area contributed by atoms with Crippen molar-refractivity contribution in [3.8, 4) is 5.75 Å². The van der Waals surface area contributed by atoms with E-state index in [4.69, 9.17) is 9.15 Å². The summed E-state index contributed by atoms with van der Waals surface area (Å²) in [6, 6.07) is 8.82. The Hall–Kier alpha value is -2.63. The summed E-state index contributed by atoms with van der Waals surface area (Å²) >= 11 is 0. The van der Waals surface area contributed by atoms with E-state index < -0.39 is 11.4 Å². The molecule has 2 aromatic rings. The van der Waals surface area contributed by atoms with Crippen LogP contribution in [0.25, 0.3) is 0 Å². The Bertz CT molecular complexity index is 786. The Balaban J connectivity index is 1.68. The molecule has 1 aromatic heterocycles. The van der Waals surface area contributed by atoms with Gasteiger partial charge in [-0.05, 0) is 19.1 Å². The third-order valence-electron chi connectivity index (χ3n) is 3.71. The molecule has 2 heterocycles. The summed E-state index contributed by atoms with van der Waals surface area (Å²) in [4.78, 5) is 25.2. The van der Waals surface area contributed by atoms with Gasteiger partial charge in [-0.2, -0.15) is 0 Å². The number of amides is 1. The fourth-order valence-corrected chi connectivity index (χ4v) is 2.65. The van der Waals surface area contributed by atoms with Crippen molar-refractivity contribution in [3.05, 3.63) is 64.0 Å². The van der Waals surface area contributed by atoms with E-state index in [1.807, 2.05) is 0 Å². The first-order chi connectivity index (χ1) is 11.0. The lowest BCUT2D eigenvalue weighted by atomic mass is 10.2. The van der Waals surface area contributed by atoms with Crippen molar-refractivity contribution in [2.24, 2.45) is 0 Å². The maximum absolute atomic E-state index is 13.7. The summed E-state index contributed by atoms with van der Waals surface area (Å²) in [6.45, 7) is 2.50. The Morgan fingerprint density at radius 3 is 2.87 bits per heavy atom. The second kappa shape index (κ2) is 6.24. The van der Waals surface area contributed by atoms with Gasteiger partial charge in [0, 0.05) is 19.0 Å². The summed E-state index contributed by atoms with van der Waals surface area (Å²) < 4.78 is 24.3. The highest BCUT2D eigenvalue weighted by Gasteiger charge is 2.29. The number of nitrogens with zero attached hydrogens (tertiary/aromatic N) is 1. The Morgan fingerprint density at radius 1 is 1.35 bits per heavy atom. The quantitative estimate of drug-likeness (QED) is 0.872. The number of likely N-dealkylation sites (tertiary alicyclic amines) is 1. The second-order valence-corrected chi connectivity index (χ2v) is 5.48. The van der Waals surface area contributed by atoms with Gasteiger partial charge < -0.3 is 14.1 Å². The molecule has 3 rings (SSSR count). The molecular weight excluding hydrogens is 301 g/mol. The number of carbonyl (C=O) groups excluding carboxylic acids is 1. The van der Waals surface area contributed by atoms with E-state index in [0.29, 0.717) is 31.0 Å². The molecule has 120 valence electrons. The van der Waals surface area contributed by atoms with Crippen molar-refractivity contribution < 1.29 is 18.3 Å². The fraction of sp³-hybridized carbons (Fsp3) is 0.294. The van der Waals surface area contributed by atoms with Crippen LogP contribution in [0.15, 0.2) is 45.6 Å². The molecule has 1 saturated heterocycles. The summed E-state index contributed by atoms with van der Waals surface area (Å²) in [5.74, 6) is 0.00448. The molecule has 23 heavy (non-hydrogen) atoms. The summed E-state index contributed by atoms with van der Waals surface area (Å²) in [7, 11) is 0. The molecule has 0 N–H and O–H groups in total. The number of halogens is 1. The van der Waals surface area contributed by atoms with Gasteiger partial charge in [0.1, 0.15) is 23.4 Å². The molecule has 1 unspecified atom stereocenters. The number of aryl methyl sites for hydroxylation is 1. The molecule has 5 nitrogen and oxygen atoms in total. The van der Waals surface area contributed by atoms with Crippen molar-refractivity contribution in [3.63, 3.8) is 0 Å². The van der Waals surface area contributed by atoms with E-state index in [0.717, 1.165) is 0 Å². The number of hydrogen-bond donors (Lipinski definition) is 0. The van der Waals surface area contributed by atoms with Gasteiger partial charge >= 0.3 is 5.63 Å². The van der Waals surface area contributed by atoms with Gasteiger partial charge in [-0.1, -0.05) is 12.1 Å². The van der Waals surface area contributed by atoms with Crippen molar-refractivity contribution in [1.82, 2.24) is 4.90 Å². The van der Waals surface area contributed by atoms with E-state index >= 15 is 0 Å². The Morgan fingerprint density at radius 2 is 2.13 bits per heavy atom. The average molecular weight is 317 g/mol. The summed E-state index contributed by atoms with van der Waals surface area (Å²) in [5, 5.41) is 0. The standard InChI is InChI=1S/C17H16FNO4/c1-11-8-13(9-16(20)22-11)23-12-6-7-19(10-12)17(21)14-4-2-3-5-15(14)18/h2-5,8-9,12H,6-7,10H2,1H3. The molecule has 1 aliphatic rings. The van der Waals surface area contributed by atoms with Crippen molar-refractivity contribution in [2.75, 3.05) is 13.1 Å². The number of benzene rings is 1. The van der Waals surface area contributed by atoms with Crippen LogP contribution in [-0.2, 0) is 0 Å². The number of hydrogen-bond acceptors (Lipinski definition) is 4. The highest BCUT2D eigenvalue weighted by atomic mass is 19.1. The molecule has 0 aliphatic carbocycles. The van der Waals surface area contributed by atoms with Crippen LogP contribution in [0.4, 0.5) is 4.39 Å². The van der Waals surface area contributed by atoms with Gasteiger partial charge in [0.25, 0.3) is 5.91 Å². The van der Waals surface area contributed by atoms with Gasteiger partial charge in [0.05, 0.1) is 18.2 Å². The molecule has 1 fully saturated rings. The summed E-state index contributed by atoms with van der Waals surface area (Å²) in [6.07, 6.45) is 0.395. The van der Waals surface area contributed by atoms with Gasteiger partial charge in [-0.3, -0.25) is 4.79 Å². The zero-order chi connectivity index (χ0) is 16.4. The third kappa shape index (κ3) is 3.41. The first-order valence-corrected chi connectivity index (χ1v) is 7.35. The van der Waals surface area contributed by atoms with Gasteiger partial charge in [0.2, 0.25) is 0 Å². The Kier molecular flexibility index (Phi) is 4.14. The first-order valence-electron chi connectivity index (χ1n) is 7.35. The molecule has 1 amide bonds. The van der Waals surface area contributed by atoms with Crippen LogP contribution in [0.3, 0.4) is 0 Å². The van der Waals surface area contributed by atoms with E-state index in [1.54, 1.807) is 30.0 Å². The molecule has 0 radical (unpaired) electrons. The third-order valence-corrected chi connectivity index (χ3v) is 3.71. The number of ether oxygens (including phenoxy) is 1. The fourth-order valence-electron chi connectivity index (χ4n) is 2.65. The second-order valence-electron chi connectivity index (χ2n) is 5.48. The van der Waals surface area contributed by atoms with Gasteiger partial charge in [-0.15, -0.1) is 0 Å². The van der Waals surface area contributed by atoms with Crippen LogP contribution in [-0.4, -0.2) is 30.0 Å². The monoisotopic (exact) mass is 317 g/mol. The smallest absolute Gasteiger partial charge is 0.339 e. The minimum absolute atomic E-state index is 0.0596. The van der Waals surface area contributed by atoms with E-state index in [-0.39, 0.29) is 17.6 Å². The predicted molar refractivity (Wildman–Crippen MR) is 81.1 cm³/mol. The van der Waals surface area contributed by atoms with Crippen LogP contribution in [0, 0.1) is 12.7 Å². The van der Waals surface area contributed by atoms with Crippen molar-refractivity contribution in [2.45, 2.75) is 19.4 Å². The topological polar surface area (TPSA) is 59.8 Å². The lowest BCUT2D eigenvalue weighted by molar-refractivity contribution is 0.0767. The predicted octanol–water partition coefficient (Wildman–Crippen LogP) is 2.38. The highest BCUT2D eigenvalue weighted by Crippen LogP contribution is 2.20. The minimum Gasteiger partial charge on any atom is -0.488 e. The lowest BCUT2D eigenvalue weighted by Crippen LogP contribution is -2.31. The van der Waals surface area contributed by atoms with Crippen LogP contribution < -0.4 is 10.4 Å². The van der Waals surface area contributed by atoms with Crippen LogP contribution in [0.5, 0.6) is 5.75 Å². The lowest BCUT2D eigenvalue weighted by Gasteiger charge is -2.17. The van der Waals surface area contributed by atoms with E-state index in [1.165, 1.54) is 18.2 Å². The molecular formula is C17H16FNO4. The number of carbonyl (C=O) groups is 1. The van der Waals surface area contributed by atoms with Gasteiger partial charge in [-0.25, -0.2) is 9.18 Å². The van der Waals surface area contributed by atoms with Crippen LogP contribution in [0.2, 0.25) is 0 Å². The normalized spacial score (nSPS) is 17.3. The van der Waals surface area contributed by atoms with Crippen LogP contribution in [0.1, 0.15) is 22.5 Å². The average Bonchev–Trinajstić information content (AvgIpc) is 2.94. The van der Waals surface area contributed by atoms with Crippen molar-refractivity contribution >= 4 is 5.91 Å². The molecule has 0 spiro atoms. The molecule has 1 aliphatic heterocycles. The molecule has 0 bridgehead atoms. The zero-order valence-corrected chi connectivity index (χ0v) is 12.6.